The Kier molecular flexibility index (Phi) is 31.8. The number of likely N-dealkylation sites (tertiary alicyclic amines) is 1. The fourth-order valence-electron chi connectivity index (χ4n) is 9.54. The zero-order chi connectivity index (χ0) is 49.8. The van der Waals surface area contributed by atoms with Gasteiger partial charge in [-0.2, -0.15) is 0 Å². The van der Waals surface area contributed by atoms with Crippen LogP contribution in [0.5, 0.6) is 0 Å². The number of esters is 5. The number of carbonyl (C=O) groups is 6. The molecule has 1 heterocycles. The first-order valence-electron chi connectivity index (χ1n) is 27.2. The molecule has 4 rings (SSSR count). The molecule has 14 nitrogen and oxygen atoms in total. The van der Waals surface area contributed by atoms with E-state index in [0.29, 0.717) is 70.7 Å². The quantitative estimate of drug-likeness (QED) is 0.0266. The summed E-state index contributed by atoms with van der Waals surface area (Å²) in [6.45, 7) is 8.66. The van der Waals surface area contributed by atoms with Gasteiger partial charge < -0.3 is 38.6 Å². The Morgan fingerprint density at radius 1 is 0.565 bits per heavy atom. The average molecular weight is 975 g/mol. The van der Waals surface area contributed by atoms with Crippen molar-refractivity contribution in [3.05, 3.63) is 24.3 Å². The molecule has 0 radical (unpaired) electrons. The van der Waals surface area contributed by atoms with Gasteiger partial charge in [-0.1, -0.05) is 77.2 Å². The first kappa shape index (κ1) is 59.4. The number of nitrogens with one attached hydrogen (secondary N) is 1. The van der Waals surface area contributed by atoms with Gasteiger partial charge in [-0.25, -0.2) is 4.79 Å². The van der Waals surface area contributed by atoms with Gasteiger partial charge in [0.15, 0.2) is 0 Å². The maximum absolute atomic E-state index is 13.6. The predicted molar refractivity (Wildman–Crippen MR) is 269 cm³/mol. The van der Waals surface area contributed by atoms with Crippen LogP contribution in [0.15, 0.2) is 24.3 Å². The number of rotatable bonds is 40. The van der Waals surface area contributed by atoms with Crippen LogP contribution in [0.2, 0.25) is 0 Å². The van der Waals surface area contributed by atoms with Crippen LogP contribution in [0.3, 0.4) is 0 Å². The molecule has 1 saturated heterocycles. The van der Waals surface area contributed by atoms with E-state index >= 15 is 0 Å². The van der Waals surface area contributed by atoms with Crippen molar-refractivity contribution in [2.24, 2.45) is 29.1 Å². The molecule has 69 heavy (non-hydrogen) atoms. The standard InChI is InChI=1S/C55H92N2O12.H2/c1-4-7-9-11-13-15-23-33-64-49(58)25-17-19-27-51(60)66-41-55(44-69-54(63)56-29-32-57-30-21-22-31-57,43-68-53(62)40-45(6-3)35-46-36-47-38-48(37-46)39-47)42-67-52(61)28-20-18-26-50(59)65-34-24-16-14-12-10-8-5-2;/h13-16,45-48H,4-12,17-44H2,1-3H3,(H,56,63);1H/b15-13-,16-14-;. The minimum absolute atomic E-state index is 0. The number of nitrogens with zero attached hydrogens (tertiary/aromatic N) is 1. The van der Waals surface area contributed by atoms with Gasteiger partial charge in [-0.3, -0.25) is 24.0 Å². The van der Waals surface area contributed by atoms with Crippen LogP contribution in [0.25, 0.3) is 0 Å². The molecule has 396 valence electrons. The molecule has 4 fully saturated rings. The summed E-state index contributed by atoms with van der Waals surface area (Å²) in [4.78, 5) is 79.9. The van der Waals surface area contributed by atoms with Crippen LogP contribution in [0.1, 0.15) is 196 Å². The minimum atomic E-state index is -1.41. The van der Waals surface area contributed by atoms with E-state index in [9.17, 15) is 28.8 Å². The van der Waals surface area contributed by atoms with Gasteiger partial charge in [0, 0.05) is 46.6 Å². The van der Waals surface area contributed by atoms with E-state index in [4.69, 9.17) is 28.4 Å². The summed E-state index contributed by atoms with van der Waals surface area (Å²) in [6.07, 6.45) is 29.4. The zero-order valence-electron chi connectivity index (χ0n) is 43.1. The van der Waals surface area contributed by atoms with E-state index in [2.05, 4.69) is 43.1 Å². The second-order valence-electron chi connectivity index (χ2n) is 20.2. The zero-order valence-corrected chi connectivity index (χ0v) is 43.1. The van der Waals surface area contributed by atoms with E-state index in [1.54, 1.807) is 0 Å². The highest BCUT2D eigenvalue weighted by molar-refractivity contribution is 5.72. The molecular formula is C55H94N2O12. The maximum Gasteiger partial charge on any atom is 0.407 e. The van der Waals surface area contributed by atoms with Gasteiger partial charge in [0.1, 0.15) is 31.8 Å². The number of alkyl carbamates (subject to hydrolysis) is 1. The highest BCUT2D eigenvalue weighted by Crippen LogP contribution is 2.50. The highest BCUT2D eigenvalue weighted by Gasteiger charge is 2.40. The van der Waals surface area contributed by atoms with Crippen LogP contribution in [0, 0.1) is 29.1 Å². The maximum atomic E-state index is 13.6. The van der Waals surface area contributed by atoms with E-state index in [-0.39, 0.29) is 77.8 Å². The van der Waals surface area contributed by atoms with Crippen molar-refractivity contribution < 1.29 is 58.6 Å². The minimum Gasteiger partial charge on any atom is -0.465 e. The smallest absolute Gasteiger partial charge is 0.407 e. The summed E-state index contributed by atoms with van der Waals surface area (Å²) >= 11 is 0. The van der Waals surface area contributed by atoms with Gasteiger partial charge in [0.25, 0.3) is 0 Å². The number of carbonyl (C=O) groups excluding carboxylic acids is 6. The average Bonchev–Trinajstić information content (AvgIpc) is 3.86. The first-order chi connectivity index (χ1) is 33.5. The van der Waals surface area contributed by atoms with Gasteiger partial charge in [-0.05, 0) is 146 Å². The van der Waals surface area contributed by atoms with Gasteiger partial charge in [-0.15, -0.1) is 0 Å². The van der Waals surface area contributed by atoms with E-state index in [0.717, 1.165) is 76.3 Å². The molecule has 1 amide bonds. The van der Waals surface area contributed by atoms with Gasteiger partial charge in [0.05, 0.1) is 13.2 Å². The Bertz CT molecular complexity index is 1460. The lowest BCUT2D eigenvalue weighted by molar-refractivity contribution is -0.166. The lowest BCUT2D eigenvalue weighted by Gasteiger charge is -2.46. The third-order valence-corrected chi connectivity index (χ3v) is 13.8. The molecular weight excluding hydrogens is 881 g/mol. The monoisotopic (exact) mass is 975 g/mol. The van der Waals surface area contributed by atoms with Crippen molar-refractivity contribution in [1.82, 2.24) is 10.2 Å². The molecule has 1 aliphatic heterocycles. The van der Waals surface area contributed by atoms with Crippen LogP contribution in [-0.2, 0) is 52.4 Å². The summed E-state index contributed by atoms with van der Waals surface area (Å²) in [5, 5.41) is 2.79. The summed E-state index contributed by atoms with van der Waals surface area (Å²) in [5.41, 5.74) is -1.41. The normalized spacial score (nSPS) is 18.4. The largest absolute Gasteiger partial charge is 0.465 e. The Labute approximate surface area is 416 Å². The molecule has 2 bridgehead atoms. The highest BCUT2D eigenvalue weighted by atomic mass is 16.6. The first-order valence-corrected chi connectivity index (χ1v) is 27.2. The summed E-state index contributed by atoms with van der Waals surface area (Å²) < 4.78 is 33.9. The van der Waals surface area contributed by atoms with Crippen molar-refractivity contribution >= 4 is 35.9 Å². The fraction of sp³-hybridized carbons (Fsp3) is 0.818. The third-order valence-electron chi connectivity index (χ3n) is 13.8. The molecule has 14 heteroatoms. The van der Waals surface area contributed by atoms with Crippen LogP contribution in [-0.4, -0.2) is 107 Å². The molecule has 0 spiro atoms. The number of hydrogen-bond acceptors (Lipinski definition) is 13. The lowest BCUT2D eigenvalue weighted by atomic mass is 9.60. The van der Waals surface area contributed by atoms with Crippen molar-refractivity contribution in [3.8, 4) is 0 Å². The Morgan fingerprint density at radius 3 is 1.49 bits per heavy atom. The van der Waals surface area contributed by atoms with Gasteiger partial charge in [0.2, 0.25) is 0 Å². The summed E-state index contributed by atoms with van der Waals surface area (Å²) in [5.74, 6) is 0.249. The van der Waals surface area contributed by atoms with Crippen molar-refractivity contribution in [2.75, 3.05) is 65.8 Å². The molecule has 1 N–H and O–H groups in total. The SMILES string of the molecule is CCCCC/C=C\CCOC(=O)CCCCC(=O)OCC(COC(=O)CCCCC(=O)OCC/C=C\CCCCC)(COC(=O)CC(CC)CC1CC2CC(C1)C2)COC(=O)NCCN1CCCC1.[HH]. The molecule has 3 saturated carbocycles. The fourth-order valence-corrected chi connectivity index (χ4v) is 9.54. The molecule has 1 unspecified atom stereocenters. The second-order valence-corrected chi connectivity index (χ2v) is 20.2. The molecule has 4 aliphatic rings. The van der Waals surface area contributed by atoms with Crippen molar-refractivity contribution in [3.63, 3.8) is 0 Å². The van der Waals surface area contributed by atoms with E-state index in [1.807, 2.05) is 12.2 Å². The van der Waals surface area contributed by atoms with Crippen molar-refractivity contribution in [1.29, 1.82) is 0 Å². The number of ether oxygens (including phenoxy) is 6. The molecule has 1 atom stereocenters. The van der Waals surface area contributed by atoms with E-state index < -0.39 is 29.4 Å². The Hall–Kier alpha value is -3.94. The molecule has 0 aromatic rings. The second kappa shape index (κ2) is 36.9. The van der Waals surface area contributed by atoms with E-state index in [1.165, 1.54) is 51.4 Å². The Balaban J connectivity index is 0.0000168. The predicted octanol–water partition coefficient (Wildman–Crippen LogP) is 11.2. The lowest BCUT2D eigenvalue weighted by Crippen LogP contribution is -2.45. The number of hydrogen-bond donors (Lipinski definition) is 1. The van der Waals surface area contributed by atoms with Gasteiger partial charge >= 0.3 is 35.9 Å². The summed E-state index contributed by atoms with van der Waals surface area (Å²) in [6, 6.07) is 0. The topological polar surface area (TPSA) is 173 Å². The molecule has 0 aromatic carbocycles. The number of fused-ring (bicyclic) bond motifs is 2. The van der Waals surface area contributed by atoms with Crippen molar-refractivity contribution in [2.45, 2.75) is 194 Å². The Morgan fingerprint density at radius 2 is 1.01 bits per heavy atom. The summed E-state index contributed by atoms with van der Waals surface area (Å²) in [7, 11) is 0. The number of unbranched alkanes of at least 4 members (excludes halogenated alkanes) is 8. The van der Waals surface area contributed by atoms with Crippen LogP contribution >= 0.6 is 0 Å². The molecule has 0 aromatic heterocycles. The van der Waals surface area contributed by atoms with Crippen LogP contribution in [0.4, 0.5) is 4.79 Å². The number of allylic oxidation sites excluding steroid dienone is 2. The third kappa shape index (κ3) is 28.5. The number of amides is 1. The van der Waals surface area contributed by atoms with Crippen LogP contribution < -0.4 is 5.32 Å². The molecule has 3 aliphatic carbocycles.